The van der Waals surface area contributed by atoms with Crippen LogP contribution in [0.25, 0.3) is 11.0 Å². The standard InChI is InChI=1S/C9H7FN2O2/c1-14-7-3-2-5-4-6(10)9(13)12-8(5)11-7/h2-4H,1H3,(H,11,12,13). The van der Waals surface area contributed by atoms with Gasteiger partial charge in [-0.1, -0.05) is 0 Å². The quantitative estimate of drug-likeness (QED) is 0.738. The third kappa shape index (κ3) is 1.32. The van der Waals surface area contributed by atoms with Crippen molar-refractivity contribution < 1.29 is 9.13 Å². The van der Waals surface area contributed by atoms with E-state index in [0.717, 1.165) is 6.07 Å². The molecule has 2 aromatic heterocycles. The lowest BCUT2D eigenvalue weighted by Crippen LogP contribution is -2.10. The predicted octanol–water partition coefficient (Wildman–Crippen LogP) is 1.07. The fourth-order valence-electron chi connectivity index (χ4n) is 1.15. The lowest BCUT2D eigenvalue weighted by molar-refractivity contribution is 0.399. The van der Waals surface area contributed by atoms with Gasteiger partial charge < -0.3 is 9.72 Å². The van der Waals surface area contributed by atoms with Crippen LogP contribution < -0.4 is 10.3 Å². The summed E-state index contributed by atoms with van der Waals surface area (Å²) in [6, 6.07) is 4.36. The van der Waals surface area contributed by atoms with Gasteiger partial charge in [-0.3, -0.25) is 4.79 Å². The molecule has 0 aliphatic heterocycles. The highest BCUT2D eigenvalue weighted by Gasteiger charge is 2.03. The van der Waals surface area contributed by atoms with E-state index < -0.39 is 11.4 Å². The number of aromatic nitrogens is 2. The number of methoxy groups -OCH3 is 1. The molecule has 0 aliphatic rings. The van der Waals surface area contributed by atoms with Crippen molar-refractivity contribution in [2.75, 3.05) is 7.11 Å². The van der Waals surface area contributed by atoms with Crippen molar-refractivity contribution in [3.8, 4) is 5.88 Å². The molecule has 4 nitrogen and oxygen atoms in total. The molecule has 0 fully saturated rings. The van der Waals surface area contributed by atoms with Gasteiger partial charge in [0.05, 0.1) is 7.11 Å². The molecule has 2 heterocycles. The van der Waals surface area contributed by atoms with Crippen LogP contribution in [0.2, 0.25) is 0 Å². The molecule has 2 rings (SSSR count). The average molecular weight is 194 g/mol. The second-order valence-corrected chi connectivity index (χ2v) is 2.74. The van der Waals surface area contributed by atoms with Crippen LogP contribution in [-0.2, 0) is 0 Å². The van der Waals surface area contributed by atoms with Crippen LogP contribution in [0.4, 0.5) is 4.39 Å². The zero-order chi connectivity index (χ0) is 10.1. The van der Waals surface area contributed by atoms with Crippen LogP contribution in [0.15, 0.2) is 23.0 Å². The molecule has 0 atom stereocenters. The van der Waals surface area contributed by atoms with Crippen molar-refractivity contribution in [3.05, 3.63) is 34.4 Å². The van der Waals surface area contributed by atoms with Gasteiger partial charge in [0.2, 0.25) is 5.88 Å². The number of hydrogen-bond acceptors (Lipinski definition) is 3. The first-order chi connectivity index (χ1) is 6.70. The second-order valence-electron chi connectivity index (χ2n) is 2.74. The molecule has 0 aromatic carbocycles. The van der Waals surface area contributed by atoms with E-state index in [1.165, 1.54) is 7.11 Å². The van der Waals surface area contributed by atoms with Gasteiger partial charge in [-0.2, -0.15) is 4.98 Å². The van der Waals surface area contributed by atoms with Crippen molar-refractivity contribution in [2.45, 2.75) is 0 Å². The molecular weight excluding hydrogens is 187 g/mol. The molecule has 0 amide bonds. The highest BCUT2D eigenvalue weighted by molar-refractivity contribution is 5.74. The Labute approximate surface area is 78.4 Å². The second kappa shape index (κ2) is 3.10. The van der Waals surface area contributed by atoms with Gasteiger partial charge in [0.1, 0.15) is 5.65 Å². The summed E-state index contributed by atoms with van der Waals surface area (Å²) in [6.07, 6.45) is 0. The molecule has 14 heavy (non-hydrogen) atoms. The zero-order valence-corrected chi connectivity index (χ0v) is 7.37. The van der Waals surface area contributed by atoms with Crippen molar-refractivity contribution in [1.82, 2.24) is 9.97 Å². The summed E-state index contributed by atoms with van der Waals surface area (Å²) in [5, 5.41) is 0.530. The van der Waals surface area contributed by atoms with Gasteiger partial charge in [-0.05, 0) is 12.1 Å². The fraction of sp³-hybridized carbons (Fsp3) is 0.111. The highest BCUT2D eigenvalue weighted by Crippen LogP contribution is 2.13. The lowest BCUT2D eigenvalue weighted by atomic mass is 10.3. The molecule has 0 radical (unpaired) electrons. The summed E-state index contributed by atoms with van der Waals surface area (Å²) in [5.41, 5.74) is -0.464. The number of rotatable bonds is 1. The summed E-state index contributed by atoms with van der Waals surface area (Å²) in [7, 11) is 1.47. The van der Waals surface area contributed by atoms with Crippen LogP contribution in [0, 0.1) is 5.82 Å². The Morgan fingerprint density at radius 1 is 1.50 bits per heavy atom. The zero-order valence-electron chi connectivity index (χ0n) is 7.37. The van der Waals surface area contributed by atoms with Crippen LogP contribution in [0.1, 0.15) is 0 Å². The molecule has 5 heteroatoms. The highest BCUT2D eigenvalue weighted by atomic mass is 19.1. The predicted molar refractivity (Wildman–Crippen MR) is 48.9 cm³/mol. The molecule has 0 spiro atoms. The van der Waals surface area contributed by atoms with E-state index >= 15 is 0 Å². The summed E-state index contributed by atoms with van der Waals surface area (Å²) in [4.78, 5) is 17.2. The molecule has 0 aliphatic carbocycles. The number of nitrogens with one attached hydrogen (secondary N) is 1. The molecular formula is C9H7FN2O2. The normalized spacial score (nSPS) is 10.4. The van der Waals surface area contributed by atoms with Gasteiger partial charge in [0, 0.05) is 11.5 Å². The average Bonchev–Trinajstić information content (AvgIpc) is 2.19. The summed E-state index contributed by atoms with van der Waals surface area (Å²) in [5.74, 6) is -0.441. The van der Waals surface area contributed by atoms with Crippen LogP contribution in [-0.4, -0.2) is 17.1 Å². The molecule has 0 bridgehead atoms. The van der Waals surface area contributed by atoms with Gasteiger partial charge in [-0.15, -0.1) is 0 Å². The van der Waals surface area contributed by atoms with E-state index in [-0.39, 0.29) is 0 Å². The van der Waals surface area contributed by atoms with E-state index in [1.807, 2.05) is 0 Å². The first-order valence-electron chi connectivity index (χ1n) is 3.94. The number of nitrogens with zero attached hydrogens (tertiary/aromatic N) is 1. The minimum Gasteiger partial charge on any atom is -0.481 e. The Morgan fingerprint density at radius 3 is 3.00 bits per heavy atom. The maximum Gasteiger partial charge on any atom is 0.285 e. The van der Waals surface area contributed by atoms with E-state index in [2.05, 4.69) is 9.97 Å². The Kier molecular flexibility index (Phi) is 1.92. The Morgan fingerprint density at radius 2 is 2.29 bits per heavy atom. The van der Waals surface area contributed by atoms with E-state index in [4.69, 9.17) is 4.74 Å². The third-order valence-corrected chi connectivity index (χ3v) is 1.84. The van der Waals surface area contributed by atoms with Crippen LogP contribution in [0.5, 0.6) is 5.88 Å². The molecule has 72 valence electrons. The Hall–Kier alpha value is -1.91. The Balaban J connectivity index is 2.77. The number of ether oxygens (including phenoxy) is 1. The van der Waals surface area contributed by atoms with Gasteiger partial charge >= 0.3 is 0 Å². The van der Waals surface area contributed by atoms with Gasteiger partial charge in [0.15, 0.2) is 5.82 Å². The SMILES string of the molecule is COc1ccc2cc(F)c(=O)[nH]c2n1. The molecule has 2 aromatic rings. The smallest absolute Gasteiger partial charge is 0.285 e. The molecule has 1 N–H and O–H groups in total. The Bertz CT molecular complexity index is 536. The minimum atomic E-state index is -0.815. The first-order valence-corrected chi connectivity index (χ1v) is 3.94. The minimum absolute atomic E-state index is 0.316. The summed E-state index contributed by atoms with van der Waals surface area (Å²) >= 11 is 0. The molecule has 0 saturated carbocycles. The number of hydrogen-bond donors (Lipinski definition) is 1. The maximum absolute atomic E-state index is 12.8. The molecule has 0 unspecified atom stereocenters. The van der Waals surface area contributed by atoms with Crippen molar-refractivity contribution in [3.63, 3.8) is 0 Å². The number of pyridine rings is 2. The third-order valence-electron chi connectivity index (χ3n) is 1.84. The number of halogens is 1. The van der Waals surface area contributed by atoms with Gasteiger partial charge in [0.25, 0.3) is 5.56 Å². The van der Waals surface area contributed by atoms with Crippen LogP contribution in [0.3, 0.4) is 0 Å². The summed E-state index contributed by atoms with van der Waals surface area (Å²) in [6.45, 7) is 0. The van der Waals surface area contributed by atoms with E-state index in [0.29, 0.717) is 16.9 Å². The molecule has 0 saturated heterocycles. The van der Waals surface area contributed by atoms with E-state index in [9.17, 15) is 9.18 Å². The summed E-state index contributed by atoms with van der Waals surface area (Å²) < 4.78 is 17.7. The van der Waals surface area contributed by atoms with Crippen molar-refractivity contribution >= 4 is 11.0 Å². The number of fused-ring (bicyclic) bond motifs is 1. The van der Waals surface area contributed by atoms with E-state index in [1.54, 1.807) is 12.1 Å². The van der Waals surface area contributed by atoms with Crippen molar-refractivity contribution in [2.24, 2.45) is 0 Å². The van der Waals surface area contributed by atoms with Crippen molar-refractivity contribution in [1.29, 1.82) is 0 Å². The number of aromatic amines is 1. The largest absolute Gasteiger partial charge is 0.481 e. The fourth-order valence-corrected chi connectivity index (χ4v) is 1.15. The monoisotopic (exact) mass is 194 g/mol. The lowest BCUT2D eigenvalue weighted by Gasteiger charge is -2.00. The first kappa shape index (κ1) is 8.68. The van der Waals surface area contributed by atoms with Gasteiger partial charge in [-0.25, -0.2) is 4.39 Å². The van der Waals surface area contributed by atoms with Crippen LogP contribution >= 0.6 is 0 Å². The topological polar surface area (TPSA) is 55.0 Å². The number of H-pyrrole nitrogens is 1. The maximum atomic E-state index is 12.8.